The van der Waals surface area contributed by atoms with Gasteiger partial charge in [-0.3, -0.25) is 9.59 Å². The highest BCUT2D eigenvalue weighted by molar-refractivity contribution is 7.94. The van der Waals surface area contributed by atoms with Crippen LogP contribution in [0, 0.1) is 0 Å². The molecule has 2 saturated heterocycles. The third-order valence-corrected chi connectivity index (χ3v) is 8.09. The first-order valence-corrected chi connectivity index (χ1v) is 11.6. The minimum atomic E-state index is -4.06. The van der Waals surface area contributed by atoms with Gasteiger partial charge in [0.05, 0.1) is 0 Å². The molecule has 4 rings (SSSR count). The lowest BCUT2D eigenvalue weighted by atomic mass is 9.91. The molecule has 2 heterocycles. The first-order valence-electron chi connectivity index (χ1n) is 10.1. The summed E-state index contributed by atoms with van der Waals surface area (Å²) in [6.45, 7) is 3.47. The normalized spacial score (nSPS) is 24.5. The summed E-state index contributed by atoms with van der Waals surface area (Å²) in [5, 5.41) is 0. The van der Waals surface area contributed by atoms with E-state index in [9.17, 15) is 18.0 Å². The van der Waals surface area contributed by atoms with Crippen molar-refractivity contribution >= 4 is 21.6 Å². The number of rotatable bonds is 3. The topological polar surface area (TPSA) is 74.8 Å². The third-order valence-electron chi connectivity index (χ3n) is 6.03. The Bertz CT molecular complexity index is 945. The number of Topliss-reactive ketones (excluding diaryl/α,β-unsaturated/α-hetero) is 2. The molecule has 0 amide bonds. The molecule has 0 bridgehead atoms. The SMILES string of the molecule is CC1CCCCN1S(=O)(=O)C1=C(N2CCCCC2)C(=O)c2ccccc2C1=O. The smallest absolute Gasteiger partial charge is 0.249 e. The second kappa shape index (κ2) is 7.44. The monoisotopic (exact) mass is 402 g/mol. The molecule has 2 aliphatic heterocycles. The maximum Gasteiger partial charge on any atom is 0.249 e. The third kappa shape index (κ3) is 3.10. The molecule has 2 fully saturated rings. The molecule has 0 saturated carbocycles. The fraction of sp³-hybridized carbons (Fsp3) is 0.524. The van der Waals surface area contributed by atoms with Crippen LogP contribution in [0.15, 0.2) is 34.9 Å². The zero-order chi connectivity index (χ0) is 19.9. The van der Waals surface area contributed by atoms with Gasteiger partial charge in [0.2, 0.25) is 21.6 Å². The predicted molar refractivity (Wildman–Crippen MR) is 106 cm³/mol. The van der Waals surface area contributed by atoms with Gasteiger partial charge in [0.1, 0.15) is 5.70 Å². The summed E-state index contributed by atoms with van der Waals surface area (Å²) in [7, 11) is -4.06. The molecule has 150 valence electrons. The Hall–Kier alpha value is -1.99. The number of sulfonamides is 1. The van der Waals surface area contributed by atoms with Crippen LogP contribution in [-0.2, 0) is 10.0 Å². The second-order valence-corrected chi connectivity index (χ2v) is 9.72. The van der Waals surface area contributed by atoms with E-state index in [2.05, 4.69) is 0 Å². The molecule has 1 atom stereocenters. The number of fused-ring (bicyclic) bond motifs is 1. The summed E-state index contributed by atoms with van der Waals surface area (Å²) in [6, 6.07) is 6.38. The highest BCUT2D eigenvalue weighted by Gasteiger charge is 2.45. The van der Waals surface area contributed by atoms with Crippen LogP contribution < -0.4 is 0 Å². The molecular formula is C21H26N2O4S. The molecule has 0 aromatic heterocycles. The van der Waals surface area contributed by atoms with E-state index in [-0.39, 0.29) is 28.0 Å². The standard InChI is InChI=1S/C21H26N2O4S/c1-15-9-5-8-14-23(15)28(26,27)21-18(22-12-6-2-7-13-22)19(24)16-10-3-4-11-17(16)20(21)25/h3-4,10-11,15H,2,5-9,12-14H2,1H3. The Labute approximate surface area is 166 Å². The van der Waals surface area contributed by atoms with E-state index in [1.54, 1.807) is 24.3 Å². The molecule has 1 aliphatic carbocycles. The van der Waals surface area contributed by atoms with Crippen molar-refractivity contribution in [2.75, 3.05) is 19.6 Å². The molecule has 0 N–H and O–H groups in total. The Balaban J connectivity index is 1.90. The zero-order valence-electron chi connectivity index (χ0n) is 16.2. The fourth-order valence-corrected chi connectivity index (χ4v) is 6.52. The number of ketones is 2. The lowest BCUT2D eigenvalue weighted by molar-refractivity contribution is 0.0938. The average Bonchev–Trinajstić information content (AvgIpc) is 2.71. The summed E-state index contributed by atoms with van der Waals surface area (Å²) in [6.07, 6.45) is 5.34. The summed E-state index contributed by atoms with van der Waals surface area (Å²) in [5.74, 6) is -0.895. The van der Waals surface area contributed by atoms with Crippen LogP contribution in [-0.4, -0.2) is 54.9 Å². The number of hydrogen-bond donors (Lipinski definition) is 0. The molecule has 0 radical (unpaired) electrons. The minimum Gasteiger partial charge on any atom is -0.367 e. The van der Waals surface area contributed by atoms with Gasteiger partial charge in [0.25, 0.3) is 0 Å². The number of allylic oxidation sites excluding steroid dienone is 2. The molecule has 7 heteroatoms. The quantitative estimate of drug-likeness (QED) is 0.777. The highest BCUT2D eigenvalue weighted by Crippen LogP contribution is 2.35. The minimum absolute atomic E-state index is 0.0844. The molecule has 0 spiro atoms. The van der Waals surface area contributed by atoms with Crippen molar-refractivity contribution < 1.29 is 18.0 Å². The van der Waals surface area contributed by atoms with E-state index in [1.165, 1.54) is 4.31 Å². The van der Waals surface area contributed by atoms with Crippen LogP contribution in [0.25, 0.3) is 0 Å². The number of hydrogen-bond acceptors (Lipinski definition) is 5. The van der Waals surface area contributed by atoms with Crippen LogP contribution in [0.4, 0.5) is 0 Å². The molecule has 3 aliphatic rings. The van der Waals surface area contributed by atoms with E-state index in [0.29, 0.717) is 25.2 Å². The second-order valence-electron chi connectivity index (χ2n) is 7.89. The van der Waals surface area contributed by atoms with Gasteiger partial charge in [0.15, 0.2) is 4.91 Å². The van der Waals surface area contributed by atoms with Crippen LogP contribution in [0.1, 0.15) is 66.2 Å². The first kappa shape index (κ1) is 19.3. The number of nitrogens with zero attached hydrogens (tertiary/aromatic N) is 2. The summed E-state index contributed by atoms with van der Waals surface area (Å²) < 4.78 is 28.7. The van der Waals surface area contributed by atoms with Gasteiger partial charge < -0.3 is 4.90 Å². The predicted octanol–water partition coefficient (Wildman–Crippen LogP) is 2.97. The van der Waals surface area contributed by atoms with E-state index in [1.807, 2.05) is 11.8 Å². The summed E-state index contributed by atoms with van der Waals surface area (Å²) in [5.41, 5.74) is 0.580. The van der Waals surface area contributed by atoms with E-state index in [4.69, 9.17) is 0 Å². The van der Waals surface area contributed by atoms with Crippen molar-refractivity contribution in [2.24, 2.45) is 0 Å². The molecule has 1 aromatic rings. The van der Waals surface area contributed by atoms with Crippen molar-refractivity contribution in [3.63, 3.8) is 0 Å². The van der Waals surface area contributed by atoms with E-state index in [0.717, 1.165) is 38.5 Å². The highest BCUT2D eigenvalue weighted by atomic mass is 32.2. The fourth-order valence-electron chi connectivity index (χ4n) is 4.53. The van der Waals surface area contributed by atoms with Gasteiger partial charge in [-0.05, 0) is 39.0 Å². The number of carbonyl (C=O) groups is 2. The zero-order valence-corrected chi connectivity index (χ0v) is 17.0. The molecule has 1 unspecified atom stereocenters. The van der Waals surface area contributed by atoms with Gasteiger partial charge in [0, 0.05) is 36.8 Å². The van der Waals surface area contributed by atoms with Gasteiger partial charge in [-0.1, -0.05) is 30.7 Å². The Morgan fingerprint density at radius 3 is 2.11 bits per heavy atom. The van der Waals surface area contributed by atoms with Crippen LogP contribution in [0.3, 0.4) is 0 Å². The van der Waals surface area contributed by atoms with Crippen LogP contribution >= 0.6 is 0 Å². The van der Waals surface area contributed by atoms with Crippen LogP contribution in [0.2, 0.25) is 0 Å². The lowest BCUT2D eigenvalue weighted by Gasteiger charge is -2.37. The first-order chi connectivity index (χ1) is 13.4. The number of carbonyl (C=O) groups excluding carboxylic acids is 2. The van der Waals surface area contributed by atoms with E-state index >= 15 is 0 Å². The number of likely N-dealkylation sites (tertiary alicyclic amines) is 1. The summed E-state index contributed by atoms with van der Waals surface area (Å²) in [4.78, 5) is 28.2. The maximum absolute atomic E-state index is 13.6. The largest absolute Gasteiger partial charge is 0.367 e. The van der Waals surface area contributed by atoms with Crippen LogP contribution in [0.5, 0.6) is 0 Å². The number of piperidine rings is 2. The Kier molecular flexibility index (Phi) is 5.14. The average molecular weight is 403 g/mol. The molecule has 28 heavy (non-hydrogen) atoms. The van der Waals surface area contributed by atoms with Gasteiger partial charge in [-0.25, -0.2) is 8.42 Å². The van der Waals surface area contributed by atoms with Crippen molar-refractivity contribution in [3.8, 4) is 0 Å². The maximum atomic E-state index is 13.6. The molecular weight excluding hydrogens is 376 g/mol. The Morgan fingerprint density at radius 2 is 1.46 bits per heavy atom. The molecule has 6 nitrogen and oxygen atoms in total. The lowest BCUT2D eigenvalue weighted by Crippen LogP contribution is -2.47. The van der Waals surface area contributed by atoms with Crippen molar-refractivity contribution in [2.45, 2.75) is 51.5 Å². The molecule has 1 aromatic carbocycles. The van der Waals surface area contributed by atoms with Gasteiger partial charge in [-0.2, -0.15) is 4.31 Å². The van der Waals surface area contributed by atoms with Crippen molar-refractivity contribution in [3.05, 3.63) is 46.0 Å². The van der Waals surface area contributed by atoms with Crippen molar-refractivity contribution in [1.29, 1.82) is 0 Å². The van der Waals surface area contributed by atoms with E-state index < -0.39 is 15.8 Å². The van der Waals surface area contributed by atoms with Gasteiger partial charge in [-0.15, -0.1) is 0 Å². The summed E-state index contributed by atoms with van der Waals surface area (Å²) >= 11 is 0. The Morgan fingerprint density at radius 1 is 0.857 bits per heavy atom. The number of benzene rings is 1. The van der Waals surface area contributed by atoms with Gasteiger partial charge >= 0.3 is 0 Å². The van der Waals surface area contributed by atoms with Crippen molar-refractivity contribution in [1.82, 2.24) is 9.21 Å².